The van der Waals surface area contributed by atoms with Crippen molar-refractivity contribution in [2.75, 3.05) is 0 Å². The van der Waals surface area contributed by atoms with Gasteiger partial charge in [-0.25, -0.2) is 4.79 Å². The van der Waals surface area contributed by atoms with Gasteiger partial charge < -0.3 is 5.11 Å². The maximum absolute atomic E-state index is 12.2. The highest BCUT2D eigenvalue weighted by atomic mass is 16.4. The number of carbonyl (C=O) groups is 1. The van der Waals surface area contributed by atoms with Gasteiger partial charge in [0.2, 0.25) is 0 Å². The number of aliphatic carboxylic acids is 1. The molecular formula is C22H24O2. The molecule has 0 heterocycles. The summed E-state index contributed by atoms with van der Waals surface area (Å²) in [5.41, 5.74) is 5.11. The van der Waals surface area contributed by atoms with Crippen molar-refractivity contribution < 1.29 is 9.90 Å². The smallest absolute Gasteiger partial charge is 0.336 e. The molecule has 2 nitrogen and oxygen atoms in total. The highest BCUT2D eigenvalue weighted by Gasteiger charge is 2.49. The van der Waals surface area contributed by atoms with E-state index >= 15 is 0 Å². The number of hydrogen-bond donors (Lipinski definition) is 1. The molecule has 24 heavy (non-hydrogen) atoms. The molecule has 0 saturated carbocycles. The number of hydrogen-bond acceptors (Lipinski definition) is 1. The predicted molar refractivity (Wildman–Crippen MR) is 98.2 cm³/mol. The zero-order chi connectivity index (χ0) is 17.7. The van der Waals surface area contributed by atoms with E-state index in [1.54, 1.807) is 0 Å². The van der Waals surface area contributed by atoms with Gasteiger partial charge in [-0.05, 0) is 29.2 Å². The molecule has 0 aromatic heterocycles. The van der Waals surface area contributed by atoms with Gasteiger partial charge in [0.1, 0.15) is 0 Å². The van der Waals surface area contributed by atoms with E-state index in [1.807, 2.05) is 43.3 Å². The Morgan fingerprint density at radius 2 is 1.29 bits per heavy atom. The lowest BCUT2D eigenvalue weighted by atomic mass is 9.72. The third kappa shape index (κ3) is 2.29. The molecule has 0 saturated heterocycles. The van der Waals surface area contributed by atoms with Crippen molar-refractivity contribution in [3.63, 3.8) is 0 Å². The Kier molecular flexibility index (Phi) is 3.67. The van der Waals surface area contributed by atoms with Crippen LogP contribution in [0.25, 0.3) is 5.57 Å². The van der Waals surface area contributed by atoms with Crippen LogP contribution < -0.4 is 0 Å². The third-order valence-electron chi connectivity index (χ3n) is 5.33. The summed E-state index contributed by atoms with van der Waals surface area (Å²) in [6, 6.07) is 16.1. The first-order valence-electron chi connectivity index (χ1n) is 8.33. The molecule has 0 spiro atoms. The van der Waals surface area contributed by atoms with E-state index in [9.17, 15) is 9.90 Å². The first kappa shape index (κ1) is 16.5. The van der Waals surface area contributed by atoms with E-state index in [0.717, 1.165) is 16.7 Å². The number of carboxylic acid groups (broad SMARTS) is 1. The third-order valence-corrected chi connectivity index (χ3v) is 5.33. The van der Waals surface area contributed by atoms with Gasteiger partial charge in [-0.3, -0.25) is 0 Å². The van der Waals surface area contributed by atoms with Gasteiger partial charge in [0.15, 0.2) is 0 Å². The van der Waals surface area contributed by atoms with Crippen molar-refractivity contribution in [1.29, 1.82) is 0 Å². The number of fused-ring (bicyclic) bond motifs is 1. The molecule has 2 aromatic rings. The second-order valence-electron chi connectivity index (χ2n) is 7.72. The second kappa shape index (κ2) is 5.34. The van der Waals surface area contributed by atoms with Crippen molar-refractivity contribution in [3.05, 3.63) is 76.4 Å². The van der Waals surface area contributed by atoms with Crippen LogP contribution in [0.1, 0.15) is 49.9 Å². The van der Waals surface area contributed by atoms with Crippen molar-refractivity contribution in [3.8, 4) is 0 Å². The molecule has 0 fully saturated rings. The summed E-state index contributed by atoms with van der Waals surface area (Å²) in [6.45, 7) is 10.5. The zero-order valence-electron chi connectivity index (χ0n) is 15.0. The molecule has 3 rings (SSSR count). The van der Waals surface area contributed by atoms with Crippen molar-refractivity contribution in [2.24, 2.45) is 0 Å². The lowest BCUT2D eigenvalue weighted by Crippen LogP contribution is -2.27. The summed E-state index contributed by atoms with van der Waals surface area (Å²) in [5, 5.41) is 10.0. The van der Waals surface area contributed by atoms with Crippen LogP contribution in [0.15, 0.2) is 54.1 Å². The highest BCUT2D eigenvalue weighted by molar-refractivity contribution is 6.17. The first-order chi connectivity index (χ1) is 11.2. The lowest BCUT2D eigenvalue weighted by Gasteiger charge is -2.31. The van der Waals surface area contributed by atoms with Crippen molar-refractivity contribution in [2.45, 2.75) is 45.4 Å². The van der Waals surface area contributed by atoms with Crippen LogP contribution in [-0.2, 0) is 15.6 Å². The Hall–Kier alpha value is -2.35. The van der Waals surface area contributed by atoms with Crippen molar-refractivity contribution in [1.82, 2.24) is 0 Å². The summed E-state index contributed by atoms with van der Waals surface area (Å²) in [6.07, 6.45) is 0. The fourth-order valence-electron chi connectivity index (χ4n) is 4.34. The van der Waals surface area contributed by atoms with E-state index in [4.69, 9.17) is 0 Å². The van der Waals surface area contributed by atoms with Gasteiger partial charge in [-0.15, -0.1) is 0 Å². The van der Waals surface area contributed by atoms with Gasteiger partial charge in [0.05, 0.1) is 5.57 Å². The Morgan fingerprint density at radius 3 is 1.71 bits per heavy atom. The normalized spacial score (nSPS) is 17.5. The minimum Gasteiger partial charge on any atom is -0.478 e. The van der Waals surface area contributed by atoms with E-state index in [0.29, 0.717) is 5.57 Å². The topological polar surface area (TPSA) is 37.3 Å². The Bertz CT molecular complexity index is 800. The first-order valence-corrected chi connectivity index (χ1v) is 8.33. The average Bonchev–Trinajstić information content (AvgIpc) is 2.67. The van der Waals surface area contributed by atoms with E-state index < -0.39 is 5.97 Å². The number of carboxylic acids is 1. The Balaban J connectivity index is 2.37. The second-order valence-corrected chi connectivity index (χ2v) is 7.72. The zero-order valence-corrected chi connectivity index (χ0v) is 15.0. The molecule has 0 atom stereocenters. The highest BCUT2D eigenvalue weighted by Crippen LogP contribution is 2.55. The number of rotatable bonds is 2. The average molecular weight is 320 g/mol. The van der Waals surface area contributed by atoms with Crippen LogP contribution >= 0.6 is 0 Å². The summed E-state index contributed by atoms with van der Waals surface area (Å²) in [5.74, 6) is -0.859. The summed E-state index contributed by atoms with van der Waals surface area (Å²) in [7, 11) is 0. The fourth-order valence-corrected chi connectivity index (χ4v) is 4.34. The lowest BCUT2D eigenvalue weighted by molar-refractivity contribution is -0.130. The fraction of sp³-hybridized carbons (Fsp3) is 0.318. The molecule has 0 unspecified atom stereocenters. The summed E-state index contributed by atoms with van der Waals surface area (Å²) >= 11 is 0. The van der Waals surface area contributed by atoms with Crippen LogP contribution in [0.3, 0.4) is 0 Å². The van der Waals surface area contributed by atoms with Crippen LogP contribution in [-0.4, -0.2) is 11.1 Å². The monoisotopic (exact) mass is 320 g/mol. The van der Waals surface area contributed by atoms with Crippen LogP contribution in [0, 0.1) is 6.92 Å². The molecule has 1 N–H and O–H groups in total. The molecule has 1 aliphatic rings. The maximum atomic E-state index is 12.2. The molecule has 0 amide bonds. The molecule has 2 aromatic carbocycles. The van der Waals surface area contributed by atoms with Gasteiger partial charge in [-0.2, -0.15) is 0 Å². The van der Waals surface area contributed by atoms with Gasteiger partial charge in [-0.1, -0.05) is 81.8 Å². The molecule has 124 valence electrons. The molecule has 0 bridgehead atoms. The minimum absolute atomic E-state index is 0.321. The quantitative estimate of drug-likeness (QED) is 0.781. The van der Waals surface area contributed by atoms with Crippen LogP contribution in [0.5, 0.6) is 0 Å². The van der Waals surface area contributed by atoms with Gasteiger partial charge in [0.25, 0.3) is 0 Å². The largest absolute Gasteiger partial charge is 0.478 e. The van der Waals surface area contributed by atoms with Crippen molar-refractivity contribution >= 4 is 11.5 Å². The predicted octanol–water partition coefficient (Wildman–Crippen LogP) is 5.10. The van der Waals surface area contributed by atoms with Crippen LogP contribution in [0.2, 0.25) is 0 Å². The van der Waals surface area contributed by atoms with E-state index in [1.165, 1.54) is 11.1 Å². The summed E-state index contributed by atoms with van der Waals surface area (Å²) in [4.78, 5) is 12.2. The van der Waals surface area contributed by atoms with E-state index in [-0.39, 0.29) is 10.8 Å². The van der Waals surface area contributed by atoms with Gasteiger partial charge in [0, 0.05) is 10.8 Å². The Morgan fingerprint density at radius 1 is 0.833 bits per heavy atom. The standard InChI is InChI=1S/C22H24O2/c1-14-10-12-15(13-11-14)18(20(23)24)19-21(2,3)16-8-6-7-9-17(16)22(19,4)5/h6-13H,1-5H3,(H,23,24). The molecular weight excluding hydrogens is 296 g/mol. The maximum Gasteiger partial charge on any atom is 0.336 e. The number of aryl methyl sites for hydroxylation is 1. The minimum atomic E-state index is -0.859. The Labute approximate surface area is 143 Å². The summed E-state index contributed by atoms with van der Waals surface area (Å²) < 4.78 is 0. The molecule has 0 aliphatic heterocycles. The number of benzene rings is 2. The number of allylic oxidation sites excluding steroid dienone is 1. The SMILES string of the molecule is Cc1ccc(C(C(=O)O)=C2C(C)(C)c3ccccc3C2(C)C)cc1. The molecule has 2 heteroatoms. The molecule has 0 radical (unpaired) electrons. The van der Waals surface area contributed by atoms with Gasteiger partial charge >= 0.3 is 5.97 Å². The van der Waals surface area contributed by atoms with E-state index in [2.05, 4.69) is 39.8 Å². The van der Waals surface area contributed by atoms with Crippen LogP contribution in [0.4, 0.5) is 0 Å². The molecule has 1 aliphatic carbocycles.